The van der Waals surface area contributed by atoms with Gasteiger partial charge in [-0.1, -0.05) is 42.1 Å². The maximum absolute atomic E-state index is 13.7. The van der Waals surface area contributed by atoms with Crippen molar-refractivity contribution in [3.8, 4) is 17.2 Å². The Morgan fingerprint density at radius 2 is 1.70 bits per heavy atom. The number of carbonyl (C=O) groups excluding carboxylic acids is 2. The standard InChI is InChI=1S/C31H32N6O5S/c1-36-27(18-32-30(39)21-9-6-5-7-10-21)33-34-31(36)43-19-28(38)37-25(23-11-8-12-26(41-3)29(23)42-4)17-24(35-37)20-13-15-22(40-2)16-14-20/h5-16,25H,17-19H2,1-4H3,(H,32,39)/t25-/m0/s1. The van der Waals surface area contributed by atoms with Crippen LogP contribution in [0, 0.1) is 0 Å². The molecule has 0 spiro atoms. The maximum Gasteiger partial charge on any atom is 0.253 e. The van der Waals surface area contributed by atoms with E-state index in [0.717, 1.165) is 22.6 Å². The van der Waals surface area contributed by atoms with Crippen LogP contribution in [0.2, 0.25) is 0 Å². The fourth-order valence-corrected chi connectivity index (χ4v) is 5.57. The molecule has 0 saturated carbocycles. The van der Waals surface area contributed by atoms with E-state index in [4.69, 9.17) is 19.3 Å². The molecule has 222 valence electrons. The molecule has 3 aromatic carbocycles. The molecule has 1 N–H and O–H groups in total. The molecule has 12 heteroatoms. The minimum atomic E-state index is -0.404. The minimum Gasteiger partial charge on any atom is -0.497 e. The van der Waals surface area contributed by atoms with Gasteiger partial charge in [0.15, 0.2) is 22.5 Å². The lowest BCUT2D eigenvalue weighted by atomic mass is 9.97. The fraction of sp³-hybridized carbons (Fsp3) is 0.258. The zero-order valence-corrected chi connectivity index (χ0v) is 25.1. The zero-order chi connectivity index (χ0) is 30.3. The predicted molar refractivity (Wildman–Crippen MR) is 163 cm³/mol. The van der Waals surface area contributed by atoms with Crippen LogP contribution < -0.4 is 19.5 Å². The average Bonchev–Trinajstić information content (AvgIpc) is 3.66. The molecule has 0 aliphatic carbocycles. The Kier molecular flexibility index (Phi) is 9.26. The molecule has 1 aliphatic heterocycles. The number of benzene rings is 3. The van der Waals surface area contributed by atoms with Gasteiger partial charge in [-0.25, -0.2) is 5.01 Å². The molecular weight excluding hydrogens is 568 g/mol. The van der Waals surface area contributed by atoms with Crippen molar-refractivity contribution in [2.45, 2.75) is 24.2 Å². The SMILES string of the molecule is COc1ccc(C2=NN(C(=O)CSc3nnc(CNC(=O)c4ccccc4)n3C)[C@H](c3cccc(OC)c3OC)C2)cc1. The predicted octanol–water partition coefficient (Wildman–Crippen LogP) is 4.24. The smallest absolute Gasteiger partial charge is 0.253 e. The second-order valence-corrected chi connectivity index (χ2v) is 10.6. The van der Waals surface area contributed by atoms with Gasteiger partial charge in [-0.15, -0.1) is 10.2 Å². The van der Waals surface area contributed by atoms with Crippen molar-refractivity contribution in [3.63, 3.8) is 0 Å². The van der Waals surface area contributed by atoms with Crippen LogP contribution in [-0.4, -0.2) is 64.4 Å². The highest BCUT2D eigenvalue weighted by Gasteiger charge is 2.35. The molecule has 0 saturated heterocycles. The van der Waals surface area contributed by atoms with E-state index in [9.17, 15) is 9.59 Å². The van der Waals surface area contributed by atoms with Gasteiger partial charge in [0, 0.05) is 24.6 Å². The van der Waals surface area contributed by atoms with E-state index in [1.165, 1.54) is 16.8 Å². The van der Waals surface area contributed by atoms with Crippen LogP contribution in [0.5, 0.6) is 17.2 Å². The largest absolute Gasteiger partial charge is 0.497 e. The van der Waals surface area contributed by atoms with Gasteiger partial charge < -0.3 is 24.1 Å². The van der Waals surface area contributed by atoms with Gasteiger partial charge in [0.05, 0.1) is 45.4 Å². The van der Waals surface area contributed by atoms with Gasteiger partial charge in [-0.3, -0.25) is 9.59 Å². The van der Waals surface area contributed by atoms with Crippen LogP contribution in [0.1, 0.15) is 39.8 Å². The van der Waals surface area contributed by atoms with Crippen molar-refractivity contribution < 1.29 is 23.8 Å². The molecular formula is C31H32N6O5S. The number of thioether (sulfide) groups is 1. The summed E-state index contributed by atoms with van der Waals surface area (Å²) >= 11 is 1.25. The molecule has 43 heavy (non-hydrogen) atoms. The van der Waals surface area contributed by atoms with E-state index >= 15 is 0 Å². The number of amides is 2. The lowest BCUT2D eigenvalue weighted by Crippen LogP contribution is -2.29. The number of ether oxygens (including phenoxy) is 3. The average molecular weight is 601 g/mol. The number of nitrogens with one attached hydrogen (secondary N) is 1. The van der Waals surface area contributed by atoms with Crippen molar-refractivity contribution in [3.05, 3.63) is 95.3 Å². The lowest BCUT2D eigenvalue weighted by Gasteiger charge is -2.24. The van der Waals surface area contributed by atoms with Gasteiger partial charge in [0.2, 0.25) is 0 Å². The summed E-state index contributed by atoms with van der Waals surface area (Å²) in [5, 5.41) is 18.2. The molecule has 1 atom stereocenters. The number of para-hydroxylation sites is 1. The molecule has 4 aromatic rings. The molecule has 0 radical (unpaired) electrons. The van der Waals surface area contributed by atoms with E-state index in [0.29, 0.717) is 34.5 Å². The first-order chi connectivity index (χ1) is 20.9. The number of methoxy groups -OCH3 is 3. The van der Waals surface area contributed by atoms with E-state index in [-0.39, 0.29) is 24.1 Å². The van der Waals surface area contributed by atoms with Crippen LogP contribution in [0.3, 0.4) is 0 Å². The van der Waals surface area contributed by atoms with Crippen LogP contribution in [0.15, 0.2) is 83.1 Å². The number of hydrazone groups is 1. The first-order valence-electron chi connectivity index (χ1n) is 13.5. The van der Waals surface area contributed by atoms with E-state index in [2.05, 4.69) is 15.5 Å². The quantitative estimate of drug-likeness (QED) is 0.254. The van der Waals surface area contributed by atoms with Crippen molar-refractivity contribution in [1.82, 2.24) is 25.1 Å². The molecule has 11 nitrogen and oxygen atoms in total. The van der Waals surface area contributed by atoms with Gasteiger partial charge in [0.25, 0.3) is 11.8 Å². The Morgan fingerprint density at radius 1 is 0.930 bits per heavy atom. The monoisotopic (exact) mass is 600 g/mol. The number of carbonyl (C=O) groups is 2. The summed E-state index contributed by atoms with van der Waals surface area (Å²) in [6.45, 7) is 0.199. The van der Waals surface area contributed by atoms with Crippen LogP contribution in [0.4, 0.5) is 0 Å². The Hall–Kier alpha value is -4.84. The number of hydrogen-bond acceptors (Lipinski definition) is 9. The van der Waals surface area contributed by atoms with Crippen molar-refractivity contribution >= 4 is 29.3 Å². The Morgan fingerprint density at radius 3 is 2.40 bits per heavy atom. The third kappa shape index (κ3) is 6.49. The fourth-order valence-electron chi connectivity index (χ4n) is 4.78. The molecule has 0 unspecified atom stereocenters. The second kappa shape index (κ2) is 13.4. The highest BCUT2D eigenvalue weighted by molar-refractivity contribution is 7.99. The van der Waals surface area contributed by atoms with Crippen LogP contribution in [0.25, 0.3) is 0 Å². The molecule has 5 rings (SSSR count). The van der Waals surface area contributed by atoms with E-state index in [1.807, 2.05) is 60.7 Å². The maximum atomic E-state index is 13.7. The molecule has 2 heterocycles. The minimum absolute atomic E-state index is 0.0739. The summed E-state index contributed by atoms with van der Waals surface area (Å²) in [6, 6.07) is 21.8. The third-order valence-corrected chi connectivity index (χ3v) is 8.08. The zero-order valence-electron chi connectivity index (χ0n) is 24.3. The summed E-state index contributed by atoms with van der Waals surface area (Å²) in [4.78, 5) is 26.1. The summed E-state index contributed by atoms with van der Waals surface area (Å²) in [5.74, 6) is 2.11. The molecule has 2 amide bonds. The number of aromatic nitrogens is 3. The van der Waals surface area contributed by atoms with Crippen LogP contribution >= 0.6 is 11.8 Å². The Balaban J connectivity index is 1.33. The van der Waals surface area contributed by atoms with Gasteiger partial charge >= 0.3 is 0 Å². The molecule has 1 aliphatic rings. The van der Waals surface area contributed by atoms with Crippen molar-refractivity contribution in [2.24, 2.45) is 12.1 Å². The Labute approximate surface area is 253 Å². The third-order valence-electron chi connectivity index (χ3n) is 7.07. The molecule has 0 bridgehead atoms. The second-order valence-electron chi connectivity index (χ2n) is 9.61. The number of rotatable bonds is 11. The summed E-state index contributed by atoms with van der Waals surface area (Å²) in [7, 11) is 6.58. The number of nitrogens with zero attached hydrogens (tertiary/aromatic N) is 5. The van der Waals surface area contributed by atoms with Crippen molar-refractivity contribution in [1.29, 1.82) is 0 Å². The normalized spacial score (nSPS) is 14.3. The van der Waals surface area contributed by atoms with Gasteiger partial charge in [-0.2, -0.15) is 5.10 Å². The van der Waals surface area contributed by atoms with Gasteiger partial charge in [0.1, 0.15) is 5.75 Å². The van der Waals surface area contributed by atoms with Crippen LogP contribution in [-0.2, 0) is 18.4 Å². The lowest BCUT2D eigenvalue weighted by molar-refractivity contribution is -0.130. The summed E-state index contributed by atoms with van der Waals surface area (Å²) in [5.41, 5.74) is 3.02. The topological polar surface area (TPSA) is 120 Å². The Bertz CT molecular complexity index is 1620. The highest BCUT2D eigenvalue weighted by atomic mass is 32.2. The number of hydrogen-bond donors (Lipinski definition) is 1. The molecule has 0 fully saturated rings. The van der Waals surface area contributed by atoms with Gasteiger partial charge in [-0.05, 0) is 48.0 Å². The first-order valence-corrected chi connectivity index (χ1v) is 14.5. The molecule has 1 aromatic heterocycles. The van der Waals surface area contributed by atoms with E-state index < -0.39 is 6.04 Å². The summed E-state index contributed by atoms with van der Waals surface area (Å²) < 4.78 is 18.3. The van der Waals surface area contributed by atoms with E-state index in [1.54, 1.807) is 45.1 Å². The highest BCUT2D eigenvalue weighted by Crippen LogP contribution is 2.42. The summed E-state index contributed by atoms with van der Waals surface area (Å²) in [6.07, 6.45) is 0.488. The van der Waals surface area contributed by atoms with Crippen molar-refractivity contribution in [2.75, 3.05) is 27.1 Å². The first kappa shape index (κ1) is 29.6.